The molecule has 1 aliphatic heterocycles. The first-order valence-corrected chi connectivity index (χ1v) is 9.44. The van der Waals surface area contributed by atoms with Crippen LogP contribution < -0.4 is 11.1 Å². The number of benzene rings is 1. The summed E-state index contributed by atoms with van der Waals surface area (Å²) in [6, 6.07) is 6.82. The van der Waals surface area contributed by atoms with E-state index in [9.17, 15) is 9.59 Å². The summed E-state index contributed by atoms with van der Waals surface area (Å²) in [6.07, 6.45) is 3.32. The Balaban J connectivity index is 1.89. The molecular formula is C20H28N4O3. The molecule has 1 aromatic carbocycles. The van der Waals surface area contributed by atoms with Gasteiger partial charge in [-0.3, -0.25) is 14.3 Å². The quantitative estimate of drug-likeness (QED) is 0.841. The van der Waals surface area contributed by atoms with Crippen molar-refractivity contribution in [2.45, 2.75) is 58.7 Å². The molecule has 0 bridgehead atoms. The van der Waals surface area contributed by atoms with Crippen LogP contribution in [-0.2, 0) is 16.1 Å². The Kier molecular flexibility index (Phi) is 5.51. The van der Waals surface area contributed by atoms with Gasteiger partial charge in [0.05, 0.1) is 18.2 Å². The summed E-state index contributed by atoms with van der Waals surface area (Å²) in [5.41, 5.74) is 6.19. The van der Waals surface area contributed by atoms with Crippen LogP contribution in [0.1, 0.15) is 50.5 Å². The number of nitrogens with one attached hydrogen (secondary N) is 1. The van der Waals surface area contributed by atoms with Gasteiger partial charge in [-0.05, 0) is 30.7 Å². The maximum atomic E-state index is 12.9. The van der Waals surface area contributed by atoms with Gasteiger partial charge in [-0.25, -0.2) is 0 Å². The van der Waals surface area contributed by atoms with Gasteiger partial charge in [-0.2, -0.15) is 5.10 Å². The van der Waals surface area contributed by atoms with Crippen LogP contribution in [-0.4, -0.2) is 40.3 Å². The van der Waals surface area contributed by atoms with Crippen LogP contribution >= 0.6 is 0 Å². The minimum absolute atomic E-state index is 0.103. The molecule has 0 radical (unpaired) electrons. The van der Waals surface area contributed by atoms with Crippen molar-refractivity contribution >= 4 is 22.7 Å². The Hall–Kier alpha value is -2.41. The van der Waals surface area contributed by atoms with E-state index in [1.807, 2.05) is 49.7 Å². The molecular weight excluding hydrogens is 344 g/mol. The molecule has 3 N–H and O–H groups in total. The summed E-state index contributed by atoms with van der Waals surface area (Å²) in [5, 5.41) is 8.06. The lowest BCUT2D eigenvalue weighted by Gasteiger charge is -2.28. The number of carbonyl (C=O) groups excluding carboxylic acids is 2. The summed E-state index contributed by atoms with van der Waals surface area (Å²) in [4.78, 5) is 24.7. The number of amides is 2. The second-order valence-corrected chi connectivity index (χ2v) is 8.21. The fourth-order valence-electron chi connectivity index (χ4n) is 3.49. The molecule has 2 amide bonds. The van der Waals surface area contributed by atoms with Gasteiger partial charge in [-0.15, -0.1) is 0 Å². The third-order valence-corrected chi connectivity index (χ3v) is 4.95. The maximum Gasteiger partial charge on any atom is 0.273 e. The van der Waals surface area contributed by atoms with Crippen molar-refractivity contribution in [1.82, 2.24) is 15.1 Å². The highest BCUT2D eigenvalue weighted by Crippen LogP contribution is 2.23. The summed E-state index contributed by atoms with van der Waals surface area (Å²) < 4.78 is 7.65. The summed E-state index contributed by atoms with van der Waals surface area (Å²) in [7, 11) is 0. The molecule has 3 rings (SSSR count). The standard InChI is InChI=1S/C20H28N4O3/c1-20(2,3)17(18(21)25)22-19(26)16-14-9-4-5-10-15(14)24(23-16)12-13-8-6-7-11-27-13/h4-5,9-10,13,17H,6-8,11-12H2,1-3H3,(H2,21,25)(H,22,26). The van der Waals surface area contributed by atoms with Crippen molar-refractivity contribution in [2.24, 2.45) is 11.1 Å². The number of ether oxygens (including phenoxy) is 1. The van der Waals surface area contributed by atoms with Crippen LogP contribution in [0.5, 0.6) is 0 Å². The van der Waals surface area contributed by atoms with Crippen molar-refractivity contribution in [1.29, 1.82) is 0 Å². The Bertz CT molecular complexity index is 831. The van der Waals surface area contributed by atoms with E-state index in [1.54, 1.807) is 0 Å². The summed E-state index contributed by atoms with van der Waals surface area (Å²) in [5.74, 6) is -0.955. The first-order valence-electron chi connectivity index (χ1n) is 9.44. The third kappa shape index (κ3) is 4.30. The Morgan fingerprint density at radius 3 is 2.70 bits per heavy atom. The van der Waals surface area contributed by atoms with Gasteiger partial charge in [-0.1, -0.05) is 39.0 Å². The molecule has 0 aliphatic carbocycles. The number of primary amides is 1. The fraction of sp³-hybridized carbons (Fsp3) is 0.550. The highest BCUT2D eigenvalue weighted by atomic mass is 16.5. The van der Waals surface area contributed by atoms with Crippen LogP contribution in [0.3, 0.4) is 0 Å². The number of fused-ring (bicyclic) bond motifs is 1. The topological polar surface area (TPSA) is 99.2 Å². The maximum absolute atomic E-state index is 12.9. The zero-order valence-electron chi connectivity index (χ0n) is 16.2. The monoisotopic (exact) mass is 372 g/mol. The second-order valence-electron chi connectivity index (χ2n) is 8.21. The third-order valence-electron chi connectivity index (χ3n) is 4.95. The van der Waals surface area contributed by atoms with Gasteiger partial charge < -0.3 is 15.8 Å². The van der Waals surface area contributed by atoms with Gasteiger partial charge in [0.15, 0.2) is 5.69 Å². The molecule has 2 aromatic rings. The van der Waals surface area contributed by atoms with Crippen LogP contribution in [0.25, 0.3) is 10.9 Å². The number of aromatic nitrogens is 2. The highest BCUT2D eigenvalue weighted by molar-refractivity contribution is 6.06. The molecule has 2 unspecified atom stereocenters. The van der Waals surface area contributed by atoms with E-state index in [2.05, 4.69) is 10.4 Å². The molecule has 1 aromatic heterocycles. The van der Waals surface area contributed by atoms with Crippen molar-refractivity contribution in [3.8, 4) is 0 Å². The van der Waals surface area contributed by atoms with Gasteiger partial charge >= 0.3 is 0 Å². The number of hydrogen-bond donors (Lipinski definition) is 2. The zero-order valence-corrected chi connectivity index (χ0v) is 16.2. The number of nitrogens with two attached hydrogens (primary N) is 1. The SMILES string of the molecule is CC(C)(C)C(NC(=O)c1nn(CC2CCCCO2)c2ccccc12)C(N)=O. The number of carbonyl (C=O) groups is 2. The van der Waals surface area contributed by atoms with Crippen LogP contribution in [0.2, 0.25) is 0 Å². The molecule has 7 heteroatoms. The molecule has 2 atom stereocenters. The molecule has 1 fully saturated rings. The number of hydrogen-bond acceptors (Lipinski definition) is 4. The van der Waals surface area contributed by atoms with E-state index in [0.29, 0.717) is 12.2 Å². The normalized spacial score (nSPS) is 19.0. The second kappa shape index (κ2) is 7.68. The summed E-state index contributed by atoms with van der Waals surface area (Å²) in [6.45, 7) is 6.95. The van der Waals surface area contributed by atoms with Crippen LogP contribution in [0.15, 0.2) is 24.3 Å². The van der Waals surface area contributed by atoms with E-state index in [4.69, 9.17) is 10.5 Å². The van der Waals surface area contributed by atoms with E-state index in [-0.39, 0.29) is 6.10 Å². The van der Waals surface area contributed by atoms with Crippen LogP contribution in [0.4, 0.5) is 0 Å². The van der Waals surface area contributed by atoms with Gasteiger partial charge in [0.25, 0.3) is 5.91 Å². The molecule has 1 saturated heterocycles. The van der Waals surface area contributed by atoms with Crippen molar-refractivity contribution in [2.75, 3.05) is 6.61 Å². The van der Waals surface area contributed by atoms with E-state index in [1.165, 1.54) is 0 Å². The lowest BCUT2D eigenvalue weighted by molar-refractivity contribution is -0.122. The molecule has 7 nitrogen and oxygen atoms in total. The van der Waals surface area contributed by atoms with Crippen molar-refractivity contribution in [3.63, 3.8) is 0 Å². The number of para-hydroxylation sites is 1. The van der Waals surface area contributed by atoms with E-state index >= 15 is 0 Å². The smallest absolute Gasteiger partial charge is 0.273 e. The van der Waals surface area contributed by atoms with Gasteiger partial charge in [0, 0.05) is 12.0 Å². The lowest BCUT2D eigenvalue weighted by atomic mass is 9.86. The molecule has 0 spiro atoms. The molecule has 0 saturated carbocycles. The predicted octanol–water partition coefficient (Wildman–Crippen LogP) is 2.24. The summed E-state index contributed by atoms with van der Waals surface area (Å²) >= 11 is 0. The average molecular weight is 372 g/mol. The van der Waals surface area contributed by atoms with E-state index in [0.717, 1.165) is 36.8 Å². The minimum atomic E-state index is -0.782. The Morgan fingerprint density at radius 2 is 2.07 bits per heavy atom. The van der Waals surface area contributed by atoms with Crippen molar-refractivity contribution < 1.29 is 14.3 Å². The Labute approximate surface area is 159 Å². The van der Waals surface area contributed by atoms with Gasteiger partial charge in [0.1, 0.15) is 6.04 Å². The minimum Gasteiger partial charge on any atom is -0.376 e. The highest BCUT2D eigenvalue weighted by Gasteiger charge is 2.32. The predicted molar refractivity (Wildman–Crippen MR) is 103 cm³/mol. The first-order chi connectivity index (χ1) is 12.8. The largest absolute Gasteiger partial charge is 0.376 e. The molecule has 27 heavy (non-hydrogen) atoms. The fourth-order valence-corrected chi connectivity index (χ4v) is 3.49. The molecule has 2 heterocycles. The van der Waals surface area contributed by atoms with Gasteiger partial charge in [0.2, 0.25) is 5.91 Å². The molecule has 146 valence electrons. The zero-order chi connectivity index (χ0) is 19.6. The molecule has 1 aliphatic rings. The lowest BCUT2D eigenvalue weighted by Crippen LogP contribution is -2.52. The van der Waals surface area contributed by atoms with Crippen molar-refractivity contribution in [3.05, 3.63) is 30.0 Å². The van der Waals surface area contributed by atoms with Crippen LogP contribution in [0, 0.1) is 5.41 Å². The average Bonchev–Trinajstić information content (AvgIpc) is 2.98. The Morgan fingerprint density at radius 1 is 1.33 bits per heavy atom. The first kappa shape index (κ1) is 19.4. The van der Waals surface area contributed by atoms with E-state index < -0.39 is 23.3 Å². The number of nitrogens with zero attached hydrogens (tertiary/aromatic N) is 2. The number of rotatable bonds is 5.